The van der Waals surface area contributed by atoms with Crippen LogP contribution in [0.2, 0.25) is 0 Å². The Kier molecular flexibility index (Phi) is 9.26. The molecule has 41 heavy (non-hydrogen) atoms. The number of aliphatic carboxylic acids is 1. The van der Waals surface area contributed by atoms with E-state index >= 15 is 0 Å². The first kappa shape index (κ1) is 30.0. The molecule has 2 unspecified atom stereocenters. The van der Waals surface area contributed by atoms with Crippen LogP contribution in [0.4, 0.5) is 4.39 Å². The van der Waals surface area contributed by atoms with Crippen molar-refractivity contribution in [1.82, 2.24) is 4.72 Å². The lowest BCUT2D eigenvalue weighted by Gasteiger charge is -2.23. The van der Waals surface area contributed by atoms with Crippen molar-refractivity contribution in [1.29, 1.82) is 5.26 Å². The molecule has 0 aliphatic rings. The largest absolute Gasteiger partial charge is 0.489 e. The van der Waals surface area contributed by atoms with Crippen LogP contribution in [-0.4, -0.2) is 26.7 Å². The number of halogens is 1. The summed E-state index contributed by atoms with van der Waals surface area (Å²) in [7, 11) is -1.45. The summed E-state index contributed by atoms with van der Waals surface area (Å²) in [6.45, 7) is 6.66. The van der Waals surface area contributed by atoms with E-state index in [4.69, 9.17) is 9.15 Å². The number of benzene rings is 3. The molecule has 0 aliphatic heterocycles. The van der Waals surface area contributed by atoms with Gasteiger partial charge in [-0.25, -0.2) is 13.3 Å². The zero-order valence-electron chi connectivity index (χ0n) is 23.4. The van der Waals surface area contributed by atoms with E-state index in [2.05, 4.69) is 10.8 Å². The van der Waals surface area contributed by atoms with Crippen molar-refractivity contribution in [3.05, 3.63) is 89.2 Å². The molecule has 0 spiro atoms. The molecule has 214 valence electrons. The highest BCUT2D eigenvalue weighted by atomic mass is 32.2. The van der Waals surface area contributed by atoms with Crippen molar-refractivity contribution in [2.24, 2.45) is 0 Å². The molecule has 3 atom stereocenters. The third kappa shape index (κ3) is 6.84. The standard InChI is InChI=1S/C32H33FN2O5S/c1-5-25(31(36)37)26-10-9-20(18-34)15-29(26)40-19-21-13-24-11-12-39-30(24)27(14-21)22-7-6-8-23(16-22)28(17-33)35-41(38)32(2,3)4/h6-16,25,28,35H,5,17,19H2,1-4H3,(H,36,37)/t25?,28?,41-/m1/s1. The number of carboxylic acids is 1. The Morgan fingerprint density at radius 1 is 1.17 bits per heavy atom. The van der Waals surface area contributed by atoms with Crippen LogP contribution in [0, 0.1) is 11.3 Å². The first-order valence-corrected chi connectivity index (χ1v) is 14.4. The number of nitriles is 1. The molecule has 0 amide bonds. The predicted octanol–water partition coefficient (Wildman–Crippen LogP) is 7.19. The fraction of sp³-hybridized carbons (Fsp3) is 0.312. The van der Waals surface area contributed by atoms with Gasteiger partial charge in [0.15, 0.2) is 0 Å². The molecule has 0 bridgehead atoms. The van der Waals surface area contributed by atoms with Gasteiger partial charge in [-0.05, 0) is 80.3 Å². The Morgan fingerprint density at radius 3 is 2.61 bits per heavy atom. The van der Waals surface area contributed by atoms with Gasteiger partial charge in [0.05, 0.1) is 45.6 Å². The molecule has 1 heterocycles. The number of ether oxygens (including phenoxy) is 1. The summed E-state index contributed by atoms with van der Waals surface area (Å²) in [5.41, 5.74) is 4.54. The fourth-order valence-electron chi connectivity index (χ4n) is 4.56. The monoisotopic (exact) mass is 576 g/mol. The zero-order chi connectivity index (χ0) is 29.7. The van der Waals surface area contributed by atoms with Crippen molar-refractivity contribution in [2.75, 3.05) is 6.67 Å². The molecule has 0 saturated heterocycles. The van der Waals surface area contributed by atoms with Crippen molar-refractivity contribution >= 4 is 27.9 Å². The number of alkyl halides is 1. The van der Waals surface area contributed by atoms with Gasteiger partial charge in [0.25, 0.3) is 0 Å². The van der Waals surface area contributed by atoms with Gasteiger partial charge < -0.3 is 14.3 Å². The van der Waals surface area contributed by atoms with Gasteiger partial charge >= 0.3 is 5.97 Å². The Morgan fingerprint density at radius 2 is 1.95 bits per heavy atom. The van der Waals surface area contributed by atoms with Gasteiger partial charge in [-0.15, -0.1) is 0 Å². The summed E-state index contributed by atoms with van der Waals surface area (Å²) >= 11 is 0. The first-order chi connectivity index (χ1) is 19.5. The SMILES string of the molecule is CCC(C(=O)O)c1ccc(C#N)cc1OCc1cc(-c2cccc(C(CF)N[S@](=O)C(C)(C)C)c2)c2occc2c1. The third-order valence-electron chi connectivity index (χ3n) is 6.79. The summed E-state index contributed by atoms with van der Waals surface area (Å²) in [5, 5.41) is 19.9. The van der Waals surface area contributed by atoms with Gasteiger partial charge in [0.2, 0.25) is 0 Å². The molecule has 0 radical (unpaired) electrons. The maximum atomic E-state index is 14.1. The van der Waals surface area contributed by atoms with Crippen LogP contribution in [0.1, 0.15) is 68.3 Å². The van der Waals surface area contributed by atoms with Crippen molar-refractivity contribution in [3.63, 3.8) is 0 Å². The van der Waals surface area contributed by atoms with E-state index in [1.54, 1.807) is 37.5 Å². The van der Waals surface area contributed by atoms with Crippen LogP contribution in [0.5, 0.6) is 5.75 Å². The zero-order valence-corrected chi connectivity index (χ0v) is 24.3. The minimum absolute atomic E-state index is 0.116. The van der Waals surface area contributed by atoms with Crippen LogP contribution < -0.4 is 9.46 Å². The van der Waals surface area contributed by atoms with Gasteiger partial charge in [0.1, 0.15) is 24.6 Å². The topological polar surface area (TPSA) is 113 Å². The first-order valence-electron chi connectivity index (χ1n) is 13.3. The number of carbonyl (C=O) groups is 1. The number of hydrogen-bond acceptors (Lipinski definition) is 5. The Hall–Kier alpha value is -4.00. The van der Waals surface area contributed by atoms with Crippen LogP contribution in [-0.2, 0) is 22.4 Å². The molecule has 1 aromatic heterocycles. The Balaban J connectivity index is 1.68. The van der Waals surface area contributed by atoms with Crippen LogP contribution >= 0.6 is 0 Å². The Bertz CT molecular complexity index is 1620. The van der Waals surface area contributed by atoms with E-state index in [1.807, 2.05) is 57.2 Å². The average Bonchev–Trinajstić information content (AvgIpc) is 3.43. The maximum absolute atomic E-state index is 14.1. The number of furan rings is 1. The molecule has 0 aliphatic carbocycles. The minimum Gasteiger partial charge on any atom is -0.489 e. The van der Waals surface area contributed by atoms with Gasteiger partial charge in [-0.3, -0.25) is 4.79 Å². The van der Waals surface area contributed by atoms with E-state index in [9.17, 15) is 23.8 Å². The molecular weight excluding hydrogens is 543 g/mol. The summed E-state index contributed by atoms with van der Waals surface area (Å²) in [6.07, 6.45) is 1.96. The average molecular weight is 577 g/mol. The quantitative estimate of drug-likeness (QED) is 0.195. The smallest absolute Gasteiger partial charge is 0.311 e. The van der Waals surface area contributed by atoms with Gasteiger partial charge in [0, 0.05) is 16.5 Å². The molecule has 7 nitrogen and oxygen atoms in total. The lowest BCUT2D eigenvalue weighted by atomic mass is 9.94. The molecule has 0 fully saturated rings. The highest BCUT2D eigenvalue weighted by Gasteiger charge is 2.25. The second-order valence-corrected chi connectivity index (χ2v) is 12.8. The molecule has 0 saturated carbocycles. The van der Waals surface area contributed by atoms with Crippen LogP contribution in [0.25, 0.3) is 22.1 Å². The van der Waals surface area contributed by atoms with Crippen molar-refractivity contribution in [3.8, 4) is 22.9 Å². The summed E-state index contributed by atoms with van der Waals surface area (Å²) < 4.78 is 41.0. The fourth-order valence-corrected chi connectivity index (χ4v) is 5.38. The number of hydrogen-bond donors (Lipinski definition) is 2. The summed E-state index contributed by atoms with van der Waals surface area (Å²) in [4.78, 5) is 11.9. The second-order valence-electron chi connectivity index (χ2n) is 10.8. The molecule has 9 heteroatoms. The maximum Gasteiger partial charge on any atom is 0.311 e. The molecule has 2 N–H and O–H groups in total. The highest BCUT2D eigenvalue weighted by Crippen LogP contribution is 2.35. The van der Waals surface area contributed by atoms with E-state index in [0.717, 1.165) is 22.1 Å². The van der Waals surface area contributed by atoms with E-state index in [0.29, 0.717) is 34.4 Å². The van der Waals surface area contributed by atoms with E-state index < -0.39 is 40.3 Å². The second kappa shape index (κ2) is 12.7. The van der Waals surface area contributed by atoms with Gasteiger partial charge in [-0.1, -0.05) is 31.2 Å². The molecule has 4 aromatic rings. The third-order valence-corrected chi connectivity index (χ3v) is 8.40. The molecular formula is C32H33FN2O5S. The lowest BCUT2D eigenvalue weighted by Crippen LogP contribution is -2.36. The Labute approximate surface area is 241 Å². The number of rotatable bonds is 11. The summed E-state index contributed by atoms with van der Waals surface area (Å²) in [6, 6.07) is 19.2. The minimum atomic E-state index is -1.45. The van der Waals surface area contributed by atoms with E-state index in [1.165, 1.54) is 0 Å². The predicted molar refractivity (Wildman–Crippen MR) is 158 cm³/mol. The molecule has 4 rings (SSSR count). The number of carboxylic acid groups (broad SMARTS) is 1. The van der Waals surface area contributed by atoms with E-state index in [-0.39, 0.29) is 6.61 Å². The number of fused-ring (bicyclic) bond motifs is 1. The van der Waals surface area contributed by atoms with Crippen LogP contribution in [0.3, 0.4) is 0 Å². The lowest BCUT2D eigenvalue weighted by molar-refractivity contribution is -0.138. The van der Waals surface area contributed by atoms with Crippen LogP contribution in [0.15, 0.2) is 71.3 Å². The highest BCUT2D eigenvalue weighted by molar-refractivity contribution is 7.84. The summed E-state index contributed by atoms with van der Waals surface area (Å²) in [5.74, 6) is -1.38. The van der Waals surface area contributed by atoms with Crippen molar-refractivity contribution in [2.45, 2.75) is 57.4 Å². The van der Waals surface area contributed by atoms with Gasteiger partial charge in [-0.2, -0.15) is 5.26 Å². The molecule has 3 aromatic carbocycles. The number of nitrogens with one attached hydrogen (secondary N) is 1. The number of nitrogens with zero attached hydrogens (tertiary/aromatic N) is 1. The normalized spacial score (nSPS) is 13.9. The van der Waals surface area contributed by atoms with Crippen molar-refractivity contribution < 1.29 is 27.7 Å².